The molecule has 5 N–H and O–H groups in total. The van der Waals surface area contributed by atoms with E-state index in [-0.39, 0.29) is 25.9 Å². The minimum Gasteiger partial charge on any atom is -0.445 e. The van der Waals surface area contributed by atoms with Gasteiger partial charge >= 0.3 is 12.1 Å². The van der Waals surface area contributed by atoms with Crippen molar-refractivity contribution < 1.29 is 80.3 Å². The quantitative estimate of drug-likeness (QED) is 0.0237. The van der Waals surface area contributed by atoms with Crippen molar-refractivity contribution in [3.63, 3.8) is 0 Å². The van der Waals surface area contributed by atoms with Gasteiger partial charge in [0.1, 0.15) is 6.61 Å². The van der Waals surface area contributed by atoms with Crippen LogP contribution in [0.25, 0.3) is 0 Å². The van der Waals surface area contributed by atoms with Crippen LogP contribution >= 0.6 is 0 Å². The number of benzene rings is 2. The van der Waals surface area contributed by atoms with E-state index in [4.69, 9.17) is 4.74 Å². The standard InChI is InChI=1S/C44H58F5N3O12/c1-11-22(4)33(50-8)26(53)19-44(62,40(58)64-36-31(48)29(46)28(45)30(47)32(36)49)39(57)43(61,37(55)34(51-9)23(5)12-2)20-27(54)42(7,60)38(56)35(24(6)13-3)52(10)41(59)63-21-25-17-15-14-16-18-25/h14-18,22-24,33-35,50-51,60-62H,11-13,19-21H2,1-10H3/t22?,23?,24?,33-,34-,35-,42?,43?,44?/m0/s1. The number of nitrogens with one attached hydrogen (secondary N) is 2. The van der Waals surface area contributed by atoms with Crippen LogP contribution in [-0.2, 0) is 40.1 Å². The lowest BCUT2D eigenvalue weighted by molar-refractivity contribution is -0.180. The molecule has 1 amide bonds. The molecule has 0 bridgehead atoms. The Hall–Kier alpha value is -5.02. The summed E-state index contributed by atoms with van der Waals surface area (Å²) in [5, 5.41) is 41.3. The Morgan fingerprint density at radius 1 is 0.688 bits per heavy atom. The topological polar surface area (TPSA) is 226 Å². The number of nitrogens with zero attached hydrogens (tertiary/aromatic N) is 1. The van der Waals surface area contributed by atoms with Gasteiger partial charge in [-0.05, 0) is 44.3 Å². The Balaban J connectivity index is 2.88. The molecule has 6 unspecified atom stereocenters. The molecule has 0 aliphatic carbocycles. The second kappa shape index (κ2) is 22.7. The van der Waals surface area contributed by atoms with E-state index in [9.17, 15) is 70.8 Å². The molecule has 0 heterocycles. The van der Waals surface area contributed by atoms with Crippen LogP contribution in [0.1, 0.15) is 86.1 Å². The molecule has 0 aromatic heterocycles. The van der Waals surface area contributed by atoms with Crippen LogP contribution in [0.4, 0.5) is 26.7 Å². The molecule has 356 valence electrons. The van der Waals surface area contributed by atoms with Crippen molar-refractivity contribution >= 4 is 41.0 Å². The number of halogens is 5. The summed E-state index contributed by atoms with van der Waals surface area (Å²) in [6.07, 6.45) is -4.28. The predicted molar refractivity (Wildman–Crippen MR) is 219 cm³/mol. The van der Waals surface area contributed by atoms with Gasteiger partial charge in [-0.15, -0.1) is 0 Å². The fourth-order valence-electron chi connectivity index (χ4n) is 7.05. The number of ketones is 5. The van der Waals surface area contributed by atoms with Gasteiger partial charge < -0.3 is 40.3 Å². The van der Waals surface area contributed by atoms with Crippen molar-refractivity contribution in [2.75, 3.05) is 21.1 Å². The van der Waals surface area contributed by atoms with Crippen LogP contribution in [0.3, 0.4) is 0 Å². The maximum atomic E-state index is 14.9. The zero-order valence-corrected chi connectivity index (χ0v) is 37.4. The SMILES string of the molecule is CCC(C)[C@H](NC)C(=O)CC(O)(C(=O)Oc1c(F)c(F)c(F)c(F)c1F)C(=O)C(O)(CC(=O)C(C)(O)C(=O)[C@H](C(C)CC)N(C)C(=O)OCc1ccccc1)C(=O)[C@@H](NC)C(C)CC. The second-order valence-corrected chi connectivity index (χ2v) is 16.2. The molecule has 0 spiro atoms. The zero-order chi connectivity index (χ0) is 49.2. The van der Waals surface area contributed by atoms with Crippen LogP contribution in [0.2, 0.25) is 0 Å². The fraction of sp³-hybridized carbons (Fsp3) is 0.568. The average molecular weight is 916 g/mol. The van der Waals surface area contributed by atoms with Gasteiger partial charge in [-0.25, -0.2) is 22.8 Å². The smallest absolute Gasteiger partial charge is 0.410 e. The lowest BCUT2D eigenvalue weighted by atomic mass is 9.71. The van der Waals surface area contributed by atoms with Gasteiger partial charge in [0, 0.05) is 7.05 Å². The van der Waals surface area contributed by atoms with Crippen molar-refractivity contribution in [1.82, 2.24) is 15.5 Å². The summed E-state index contributed by atoms with van der Waals surface area (Å²) >= 11 is 0. The Morgan fingerprint density at radius 3 is 1.62 bits per heavy atom. The number of esters is 1. The molecule has 20 heteroatoms. The van der Waals surface area contributed by atoms with Crippen LogP contribution in [-0.4, -0.2) is 117 Å². The summed E-state index contributed by atoms with van der Waals surface area (Å²) in [7, 11) is 3.58. The monoisotopic (exact) mass is 915 g/mol. The summed E-state index contributed by atoms with van der Waals surface area (Å²) in [4.78, 5) is 99.7. The van der Waals surface area contributed by atoms with Crippen molar-refractivity contribution in [1.29, 1.82) is 0 Å². The first kappa shape index (κ1) is 55.1. The molecule has 0 aliphatic rings. The number of ether oxygens (including phenoxy) is 2. The van der Waals surface area contributed by atoms with E-state index in [1.54, 1.807) is 51.1 Å². The summed E-state index contributed by atoms with van der Waals surface area (Å²) in [5.41, 5.74) is -11.1. The highest BCUT2D eigenvalue weighted by Gasteiger charge is 2.62. The fourth-order valence-corrected chi connectivity index (χ4v) is 7.05. The van der Waals surface area contributed by atoms with Gasteiger partial charge in [0.05, 0.1) is 31.0 Å². The van der Waals surface area contributed by atoms with Gasteiger partial charge in [-0.3, -0.25) is 24.0 Å². The number of hydrogen-bond donors (Lipinski definition) is 5. The van der Waals surface area contributed by atoms with Crippen LogP contribution in [0, 0.1) is 46.8 Å². The summed E-state index contributed by atoms with van der Waals surface area (Å²) in [6, 6.07) is 3.74. The number of amides is 1. The van der Waals surface area contributed by atoms with E-state index in [1.165, 1.54) is 34.9 Å². The maximum Gasteiger partial charge on any atom is 0.410 e. The third kappa shape index (κ3) is 11.6. The minimum absolute atomic E-state index is 0.124. The number of carbonyl (C=O) groups is 7. The molecule has 0 saturated heterocycles. The highest BCUT2D eigenvalue weighted by molar-refractivity contribution is 6.26. The Morgan fingerprint density at radius 2 is 1.16 bits per heavy atom. The summed E-state index contributed by atoms with van der Waals surface area (Å²) < 4.78 is 81.9. The maximum absolute atomic E-state index is 14.9. The van der Waals surface area contributed by atoms with E-state index in [2.05, 4.69) is 15.4 Å². The first-order chi connectivity index (χ1) is 29.7. The lowest BCUT2D eigenvalue weighted by Crippen LogP contribution is -2.67. The van der Waals surface area contributed by atoms with Gasteiger partial charge in [-0.2, -0.15) is 8.78 Å². The van der Waals surface area contributed by atoms with E-state index >= 15 is 0 Å². The molecule has 2 aromatic rings. The van der Waals surface area contributed by atoms with Crippen LogP contribution < -0.4 is 15.4 Å². The average Bonchev–Trinajstić information content (AvgIpc) is 3.27. The van der Waals surface area contributed by atoms with Crippen molar-refractivity contribution in [3.05, 3.63) is 65.0 Å². The van der Waals surface area contributed by atoms with Crippen molar-refractivity contribution in [3.8, 4) is 5.75 Å². The largest absolute Gasteiger partial charge is 0.445 e. The van der Waals surface area contributed by atoms with E-state index < -0.39 is 141 Å². The van der Waals surface area contributed by atoms with Crippen LogP contribution in [0.5, 0.6) is 5.75 Å². The number of rotatable bonds is 25. The van der Waals surface area contributed by atoms with Crippen molar-refractivity contribution in [2.24, 2.45) is 17.8 Å². The van der Waals surface area contributed by atoms with Gasteiger partial charge in [0.15, 0.2) is 34.3 Å². The number of Topliss-reactive ketones (excluding diaryl/α,β-unsaturated/α-hetero) is 5. The predicted octanol–water partition coefficient (Wildman–Crippen LogP) is 4.08. The van der Waals surface area contributed by atoms with E-state index in [0.717, 1.165) is 11.9 Å². The molecule has 2 rings (SSSR count). The molecule has 0 saturated carbocycles. The summed E-state index contributed by atoms with van der Waals surface area (Å²) in [6.45, 7) is 9.63. The normalized spacial score (nSPS) is 17.2. The summed E-state index contributed by atoms with van der Waals surface area (Å²) in [5.74, 6) is -29.3. The number of aliphatic hydroxyl groups is 3. The molecule has 15 nitrogen and oxygen atoms in total. The van der Waals surface area contributed by atoms with E-state index in [0.29, 0.717) is 12.5 Å². The second-order valence-electron chi connectivity index (χ2n) is 16.2. The molecule has 0 radical (unpaired) electrons. The first-order valence-corrected chi connectivity index (χ1v) is 20.6. The highest BCUT2D eigenvalue weighted by atomic mass is 19.2. The molecule has 0 fully saturated rings. The lowest BCUT2D eigenvalue weighted by Gasteiger charge is -2.38. The Bertz CT molecular complexity index is 2030. The van der Waals surface area contributed by atoms with Gasteiger partial charge in [-0.1, -0.05) is 91.1 Å². The molecular formula is C44H58F5N3O12. The van der Waals surface area contributed by atoms with Crippen LogP contribution in [0.15, 0.2) is 30.3 Å². The molecular weight excluding hydrogens is 857 g/mol. The third-order valence-electron chi connectivity index (χ3n) is 11.8. The van der Waals surface area contributed by atoms with Gasteiger partial charge in [0.2, 0.25) is 46.2 Å². The highest BCUT2D eigenvalue weighted by Crippen LogP contribution is 2.35. The molecule has 0 aliphatic heterocycles. The Kier molecular flexibility index (Phi) is 19.6. The molecule has 9 atom stereocenters. The Labute approximate surface area is 368 Å². The first-order valence-electron chi connectivity index (χ1n) is 20.6. The number of carbonyl (C=O) groups excluding carboxylic acids is 7. The van der Waals surface area contributed by atoms with Crippen molar-refractivity contribution in [2.45, 2.75) is 122 Å². The molecule has 2 aromatic carbocycles. The zero-order valence-electron chi connectivity index (χ0n) is 37.4. The van der Waals surface area contributed by atoms with Gasteiger partial charge in [0.25, 0.3) is 0 Å². The third-order valence-corrected chi connectivity index (χ3v) is 11.8. The van der Waals surface area contributed by atoms with E-state index in [1.807, 2.05) is 0 Å². The molecule has 64 heavy (non-hydrogen) atoms. The minimum atomic E-state index is -4.28. The number of hydrogen-bond acceptors (Lipinski definition) is 14. The number of likely N-dealkylation sites (N-methyl/N-ethyl adjacent to an activating group) is 3.